The lowest BCUT2D eigenvalue weighted by Gasteiger charge is -2.19. The molecule has 0 saturated heterocycles. The van der Waals surface area contributed by atoms with Crippen molar-refractivity contribution in [3.63, 3.8) is 0 Å². The lowest BCUT2D eigenvalue weighted by atomic mass is 9.87. The third-order valence-electron chi connectivity index (χ3n) is 5.05. The molecule has 0 bridgehead atoms. The normalized spacial score (nSPS) is 11.3. The van der Waals surface area contributed by atoms with Crippen LogP contribution in [0.25, 0.3) is 22.6 Å². The fraction of sp³-hybridized carbons (Fsp3) is 0.185. The van der Waals surface area contributed by atoms with E-state index in [0.29, 0.717) is 11.0 Å². The molecule has 5 heteroatoms. The second-order valence-corrected chi connectivity index (χ2v) is 9.48. The van der Waals surface area contributed by atoms with E-state index in [1.54, 1.807) is 0 Å². The molecule has 1 N–H and O–H groups in total. The first-order chi connectivity index (χ1) is 15.4. The van der Waals surface area contributed by atoms with E-state index in [1.807, 2.05) is 72.8 Å². The summed E-state index contributed by atoms with van der Waals surface area (Å²) in [4.78, 5) is 17.2. The van der Waals surface area contributed by atoms with Gasteiger partial charge in [-0.2, -0.15) is 0 Å². The van der Waals surface area contributed by atoms with Crippen LogP contribution in [0.3, 0.4) is 0 Å². The molecule has 4 aromatic rings. The maximum atomic E-state index is 12.5. The predicted molar refractivity (Wildman–Crippen MR) is 132 cm³/mol. The van der Waals surface area contributed by atoms with Crippen molar-refractivity contribution in [2.45, 2.75) is 31.4 Å². The topological polar surface area (TPSA) is 55.1 Å². The summed E-state index contributed by atoms with van der Waals surface area (Å²) in [5.74, 6) is 0.820. The number of carbonyl (C=O) groups excluding carboxylic acids is 1. The third kappa shape index (κ3) is 5.29. The molecule has 0 aliphatic carbocycles. The van der Waals surface area contributed by atoms with E-state index in [9.17, 15) is 4.79 Å². The molecule has 0 unspecified atom stereocenters. The van der Waals surface area contributed by atoms with E-state index < -0.39 is 0 Å². The van der Waals surface area contributed by atoms with Gasteiger partial charge in [-0.25, -0.2) is 4.98 Å². The summed E-state index contributed by atoms with van der Waals surface area (Å²) in [5.41, 5.74) is 4.80. The quantitative estimate of drug-likeness (QED) is 0.326. The molecule has 1 aromatic heterocycles. The highest BCUT2D eigenvalue weighted by atomic mass is 32.2. The standard InChI is InChI=1S/C27H26N2O2S/c1-27(2,3)21-14-16-22(17-15-21)28-23(30)18-32-26-29-24(19-10-6-4-7-11-19)25(31-26)20-12-8-5-9-13-20/h4-17H,18H2,1-3H3,(H,28,30). The molecule has 0 spiro atoms. The second-order valence-electron chi connectivity index (χ2n) is 8.55. The number of benzene rings is 3. The Hall–Kier alpha value is -3.31. The Morgan fingerprint density at radius 3 is 2.06 bits per heavy atom. The van der Waals surface area contributed by atoms with Crippen LogP contribution in [-0.4, -0.2) is 16.6 Å². The first kappa shape index (κ1) is 21.9. The fourth-order valence-corrected chi connectivity index (χ4v) is 3.94. The van der Waals surface area contributed by atoms with Crippen LogP contribution in [0.5, 0.6) is 0 Å². The van der Waals surface area contributed by atoms with Crippen LogP contribution in [0, 0.1) is 0 Å². The van der Waals surface area contributed by atoms with Gasteiger partial charge in [-0.05, 0) is 23.1 Å². The van der Waals surface area contributed by atoms with E-state index in [-0.39, 0.29) is 17.1 Å². The minimum Gasteiger partial charge on any atom is -0.431 e. The van der Waals surface area contributed by atoms with Crippen LogP contribution in [0.15, 0.2) is 94.6 Å². The predicted octanol–water partition coefficient (Wildman–Crippen LogP) is 7.04. The SMILES string of the molecule is CC(C)(C)c1ccc(NC(=O)CSc2nc(-c3ccccc3)c(-c3ccccc3)o2)cc1. The highest BCUT2D eigenvalue weighted by Gasteiger charge is 2.18. The zero-order chi connectivity index (χ0) is 22.6. The van der Waals surface area contributed by atoms with Crippen LogP contribution >= 0.6 is 11.8 Å². The van der Waals surface area contributed by atoms with Crippen LogP contribution in [-0.2, 0) is 10.2 Å². The number of hydrogen-bond acceptors (Lipinski definition) is 4. The van der Waals surface area contributed by atoms with Gasteiger partial charge < -0.3 is 9.73 Å². The van der Waals surface area contributed by atoms with Gasteiger partial charge in [0.1, 0.15) is 5.69 Å². The zero-order valence-electron chi connectivity index (χ0n) is 18.5. The van der Waals surface area contributed by atoms with E-state index in [4.69, 9.17) is 9.40 Å². The van der Waals surface area contributed by atoms with Crippen molar-refractivity contribution in [1.82, 2.24) is 4.98 Å². The van der Waals surface area contributed by atoms with Crippen molar-refractivity contribution in [1.29, 1.82) is 0 Å². The molecule has 32 heavy (non-hydrogen) atoms. The average Bonchev–Trinajstić information content (AvgIpc) is 3.23. The van der Waals surface area contributed by atoms with Gasteiger partial charge in [0.05, 0.1) is 5.75 Å². The summed E-state index contributed by atoms with van der Waals surface area (Å²) in [7, 11) is 0. The molecule has 0 atom stereocenters. The Bertz CT molecular complexity index is 1120. The minimum absolute atomic E-state index is 0.0796. The Morgan fingerprint density at radius 2 is 1.47 bits per heavy atom. The van der Waals surface area contributed by atoms with Gasteiger partial charge >= 0.3 is 0 Å². The first-order valence-electron chi connectivity index (χ1n) is 10.5. The van der Waals surface area contributed by atoms with E-state index in [0.717, 1.165) is 22.5 Å². The van der Waals surface area contributed by atoms with Crippen LogP contribution in [0.1, 0.15) is 26.3 Å². The number of carbonyl (C=O) groups is 1. The van der Waals surface area contributed by atoms with Crippen LogP contribution < -0.4 is 5.32 Å². The fourth-order valence-electron chi connectivity index (χ4n) is 3.32. The number of nitrogens with one attached hydrogen (secondary N) is 1. The summed E-state index contributed by atoms with van der Waals surface area (Å²) in [6.07, 6.45) is 0. The minimum atomic E-state index is -0.0979. The molecule has 0 saturated carbocycles. The summed E-state index contributed by atoms with van der Waals surface area (Å²) >= 11 is 1.29. The molecule has 1 heterocycles. The number of thioether (sulfide) groups is 1. The molecular weight excluding hydrogens is 416 g/mol. The van der Waals surface area contributed by atoms with Gasteiger partial charge in [-0.1, -0.05) is 105 Å². The van der Waals surface area contributed by atoms with Gasteiger partial charge in [-0.3, -0.25) is 4.79 Å². The Morgan fingerprint density at radius 1 is 0.875 bits per heavy atom. The van der Waals surface area contributed by atoms with Crippen LogP contribution in [0.4, 0.5) is 5.69 Å². The average molecular weight is 443 g/mol. The number of oxazole rings is 1. The lowest BCUT2D eigenvalue weighted by Crippen LogP contribution is -2.15. The van der Waals surface area contributed by atoms with Gasteiger partial charge in [0.2, 0.25) is 5.91 Å². The lowest BCUT2D eigenvalue weighted by molar-refractivity contribution is -0.113. The monoisotopic (exact) mass is 442 g/mol. The van der Waals surface area contributed by atoms with Crippen molar-refractivity contribution in [2.24, 2.45) is 0 Å². The maximum absolute atomic E-state index is 12.5. The summed E-state index contributed by atoms with van der Waals surface area (Å²) in [6, 6.07) is 27.8. The largest absolute Gasteiger partial charge is 0.431 e. The number of rotatable bonds is 6. The van der Waals surface area contributed by atoms with E-state index in [2.05, 4.69) is 38.2 Å². The second kappa shape index (κ2) is 9.45. The number of nitrogens with zero attached hydrogens (tertiary/aromatic N) is 1. The number of anilines is 1. The van der Waals surface area contributed by atoms with Gasteiger partial charge in [0.25, 0.3) is 5.22 Å². The Labute approximate surface area is 193 Å². The van der Waals surface area contributed by atoms with E-state index in [1.165, 1.54) is 17.3 Å². The van der Waals surface area contributed by atoms with Crippen LogP contribution in [0.2, 0.25) is 0 Å². The summed E-state index contributed by atoms with van der Waals surface area (Å²) < 4.78 is 6.08. The first-order valence-corrected chi connectivity index (χ1v) is 11.5. The highest BCUT2D eigenvalue weighted by molar-refractivity contribution is 7.99. The number of amides is 1. The molecule has 0 radical (unpaired) electrons. The van der Waals surface area contributed by atoms with Crippen molar-refractivity contribution in [2.75, 3.05) is 11.1 Å². The molecule has 3 aromatic carbocycles. The summed E-state index contributed by atoms with van der Waals surface area (Å²) in [5, 5.41) is 3.42. The Balaban J connectivity index is 1.47. The zero-order valence-corrected chi connectivity index (χ0v) is 19.3. The van der Waals surface area contributed by atoms with Gasteiger partial charge in [-0.15, -0.1) is 0 Å². The Kier molecular flexibility index (Phi) is 6.47. The molecule has 1 amide bonds. The summed E-state index contributed by atoms with van der Waals surface area (Å²) in [6.45, 7) is 6.50. The highest BCUT2D eigenvalue weighted by Crippen LogP contribution is 2.35. The van der Waals surface area contributed by atoms with E-state index >= 15 is 0 Å². The van der Waals surface area contributed by atoms with Crippen molar-refractivity contribution in [3.05, 3.63) is 90.5 Å². The molecular formula is C27H26N2O2S. The molecule has 0 aliphatic heterocycles. The van der Waals surface area contributed by atoms with Crippen molar-refractivity contribution < 1.29 is 9.21 Å². The maximum Gasteiger partial charge on any atom is 0.257 e. The van der Waals surface area contributed by atoms with Gasteiger partial charge in [0.15, 0.2) is 5.76 Å². The molecule has 0 fully saturated rings. The van der Waals surface area contributed by atoms with Crippen molar-refractivity contribution in [3.8, 4) is 22.6 Å². The smallest absolute Gasteiger partial charge is 0.257 e. The van der Waals surface area contributed by atoms with Gasteiger partial charge in [0, 0.05) is 16.8 Å². The molecule has 4 rings (SSSR count). The molecule has 0 aliphatic rings. The molecule has 162 valence electrons. The number of aromatic nitrogens is 1. The van der Waals surface area contributed by atoms with Crippen molar-refractivity contribution >= 4 is 23.4 Å². The number of hydrogen-bond donors (Lipinski definition) is 1. The molecule has 4 nitrogen and oxygen atoms in total. The third-order valence-corrected chi connectivity index (χ3v) is 5.88.